The summed E-state index contributed by atoms with van der Waals surface area (Å²) < 4.78 is 29.8. The standard InChI is InChI=1S/C31H29N3O9S/c1-7-21(35)27-16(2)32-31-33(28(27)17-12-24(40-4)29(42-6)25(13-17)41-5)30(36)26(44-31)15-19-9-11-23(43-19)20-14-18(34(37)38)8-10-22(20)39-3/h8-15,28H,7H2,1-6H3/b26-15-. The van der Waals surface area contributed by atoms with Gasteiger partial charge in [-0.2, -0.15) is 0 Å². The van der Waals surface area contributed by atoms with E-state index in [9.17, 15) is 19.7 Å². The van der Waals surface area contributed by atoms with Gasteiger partial charge < -0.3 is 23.4 Å². The maximum absolute atomic E-state index is 14.0. The fourth-order valence-electron chi connectivity index (χ4n) is 5.15. The number of non-ortho nitro benzene ring substituents is 1. The minimum Gasteiger partial charge on any atom is -0.496 e. The third-order valence-electron chi connectivity index (χ3n) is 7.21. The average molecular weight is 620 g/mol. The Balaban J connectivity index is 1.68. The van der Waals surface area contributed by atoms with Crippen LogP contribution in [-0.2, 0) is 4.79 Å². The summed E-state index contributed by atoms with van der Waals surface area (Å²) in [5.74, 6) is 2.04. The second-order valence-corrected chi connectivity index (χ2v) is 10.7. The molecule has 2 aromatic carbocycles. The van der Waals surface area contributed by atoms with Crippen molar-refractivity contribution in [3.8, 4) is 34.3 Å². The number of nitro benzene ring substituents is 1. The summed E-state index contributed by atoms with van der Waals surface area (Å²) in [5, 5.41) is 11.3. The number of hydrogen-bond donors (Lipinski definition) is 0. The van der Waals surface area contributed by atoms with E-state index in [-0.39, 0.29) is 23.5 Å². The number of methoxy groups -OCH3 is 4. The van der Waals surface area contributed by atoms with Crippen molar-refractivity contribution in [2.45, 2.75) is 26.3 Å². The molecule has 44 heavy (non-hydrogen) atoms. The summed E-state index contributed by atoms with van der Waals surface area (Å²) in [5.41, 5.74) is 1.36. The molecule has 1 atom stereocenters. The van der Waals surface area contributed by atoms with Crippen LogP contribution in [0.2, 0.25) is 0 Å². The highest BCUT2D eigenvalue weighted by Crippen LogP contribution is 2.42. The van der Waals surface area contributed by atoms with Crippen LogP contribution in [0.5, 0.6) is 23.0 Å². The number of rotatable bonds is 10. The van der Waals surface area contributed by atoms with Gasteiger partial charge in [0.25, 0.3) is 11.2 Å². The maximum atomic E-state index is 14.0. The minimum absolute atomic E-state index is 0.119. The molecule has 1 aliphatic rings. The Morgan fingerprint density at radius 3 is 2.32 bits per heavy atom. The zero-order valence-electron chi connectivity index (χ0n) is 24.8. The molecular weight excluding hydrogens is 590 g/mol. The molecule has 228 valence electrons. The van der Waals surface area contributed by atoms with E-state index in [1.807, 2.05) is 0 Å². The first-order valence-corrected chi connectivity index (χ1v) is 14.3. The number of nitrogens with zero attached hydrogens (tertiary/aromatic N) is 3. The zero-order chi connectivity index (χ0) is 31.7. The Morgan fingerprint density at radius 1 is 1.05 bits per heavy atom. The van der Waals surface area contributed by atoms with Crippen LogP contribution in [0.1, 0.15) is 37.6 Å². The lowest BCUT2D eigenvalue weighted by Gasteiger charge is -2.26. The van der Waals surface area contributed by atoms with Crippen molar-refractivity contribution < 1.29 is 33.1 Å². The van der Waals surface area contributed by atoms with E-state index < -0.39 is 11.0 Å². The molecule has 0 saturated heterocycles. The first-order valence-electron chi connectivity index (χ1n) is 13.4. The van der Waals surface area contributed by atoms with Crippen molar-refractivity contribution in [3.63, 3.8) is 0 Å². The number of carbonyl (C=O) groups excluding carboxylic acids is 1. The molecule has 13 heteroatoms. The van der Waals surface area contributed by atoms with E-state index in [1.54, 1.807) is 44.2 Å². The van der Waals surface area contributed by atoms with Crippen molar-refractivity contribution in [1.29, 1.82) is 0 Å². The number of hydrogen-bond acceptors (Lipinski definition) is 11. The smallest absolute Gasteiger partial charge is 0.271 e. The number of ether oxygens (including phenoxy) is 4. The van der Waals surface area contributed by atoms with Crippen LogP contribution in [0.25, 0.3) is 17.4 Å². The quantitative estimate of drug-likeness (QED) is 0.186. The first kappa shape index (κ1) is 30.3. The summed E-state index contributed by atoms with van der Waals surface area (Å²) in [6.07, 6.45) is 1.79. The lowest BCUT2D eigenvalue weighted by Crippen LogP contribution is -2.39. The largest absolute Gasteiger partial charge is 0.496 e. The van der Waals surface area contributed by atoms with Crippen LogP contribution in [-0.4, -0.2) is 43.7 Å². The van der Waals surface area contributed by atoms with Gasteiger partial charge in [-0.1, -0.05) is 18.3 Å². The van der Waals surface area contributed by atoms with E-state index in [1.165, 1.54) is 51.2 Å². The number of fused-ring (bicyclic) bond motifs is 1. The Hall–Kier alpha value is -5.17. The van der Waals surface area contributed by atoms with Crippen LogP contribution in [0, 0.1) is 10.1 Å². The molecule has 0 saturated carbocycles. The van der Waals surface area contributed by atoms with Gasteiger partial charge >= 0.3 is 0 Å². The van der Waals surface area contributed by atoms with E-state index >= 15 is 0 Å². The molecule has 0 radical (unpaired) electrons. The van der Waals surface area contributed by atoms with E-state index in [0.717, 1.165) is 11.3 Å². The number of nitro groups is 1. The predicted molar refractivity (Wildman–Crippen MR) is 163 cm³/mol. The van der Waals surface area contributed by atoms with E-state index in [4.69, 9.17) is 23.4 Å². The summed E-state index contributed by atoms with van der Waals surface area (Å²) in [7, 11) is 5.94. The van der Waals surface area contributed by atoms with Crippen molar-refractivity contribution in [1.82, 2.24) is 4.57 Å². The lowest BCUT2D eigenvalue weighted by molar-refractivity contribution is -0.384. The third-order valence-corrected chi connectivity index (χ3v) is 8.19. The number of furan rings is 1. The highest BCUT2D eigenvalue weighted by atomic mass is 32.1. The highest BCUT2D eigenvalue weighted by molar-refractivity contribution is 7.07. The molecule has 2 aromatic heterocycles. The lowest BCUT2D eigenvalue weighted by atomic mass is 9.91. The topological polar surface area (TPSA) is 145 Å². The van der Waals surface area contributed by atoms with E-state index in [0.29, 0.717) is 66.2 Å². The number of thiazole rings is 1. The number of benzene rings is 2. The second kappa shape index (κ2) is 12.2. The Morgan fingerprint density at radius 2 is 1.73 bits per heavy atom. The van der Waals surface area contributed by atoms with Gasteiger partial charge in [0.2, 0.25) is 5.75 Å². The third kappa shape index (κ3) is 5.26. The van der Waals surface area contributed by atoms with Gasteiger partial charge in [0.05, 0.1) is 49.5 Å². The van der Waals surface area contributed by atoms with Crippen molar-refractivity contribution in [2.24, 2.45) is 4.99 Å². The summed E-state index contributed by atoms with van der Waals surface area (Å²) in [6, 6.07) is 10.1. The van der Waals surface area contributed by atoms with Crippen molar-refractivity contribution >= 4 is 28.9 Å². The van der Waals surface area contributed by atoms with Crippen LogP contribution < -0.4 is 33.8 Å². The van der Waals surface area contributed by atoms with Crippen LogP contribution in [0.15, 0.2) is 67.9 Å². The SMILES string of the molecule is CCC(=O)C1=C(C)N=c2s/c(=C\c3ccc(-c4cc([N+](=O)[O-])ccc4OC)o3)c(=O)n2C1c1cc(OC)c(OC)c(OC)c1. The number of aromatic nitrogens is 1. The van der Waals surface area contributed by atoms with Gasteiger partial charge in [-0.25, -0.2) is 4.99 Å². The summed E-state index contributed by atoms with van der Waals surface area (Å²) in [6.45, 7) is 3.50. The molecule has 0 bridgehead atoms. The number of carbonyl (C=O) groups is 1. The molecule has 1 unspecified atom stereocenters. The molecule has 0 spiro atoms. The Labute approximate surface area is 255 Å². The fourth-order valence-corrected chi connectivity index (χ4v) is 6.18. The van der Waals surface area contributed by atoms with Crippen LogP contribution >= 0.6 is 11.3 Å². The van der Waals surface area contributed by atoms with Crippen LogP contribution in [0.3, 0.4) is 0 Å². The van der Waals surface area contributed by atoms with Gasteiger partial charge in [0.1, 0.15) is 17.3 Å². The van der Waals surface area contributed by atoms with Gasteiger partial charge in [-0.15, -0.1) is 0 Å². The molecule has 0 fully saturated rings. The number of ketones is 1. The van der Waals surface area contributed by atoms with Gasteiger partial charge in [-0.3, -0.25) is 24.3 Å². The normalized spacial score (nSPS) is 14.6. The molecule has 5 rings (SSSR count). The first-order chi connectivity index (χ1) is 21.1. The average Bonchev–Trinajstić information content (AvgIpc) is 3.62. The molecular formula is C31H29N3O9S. The minimum atomic E-state index is -0.809. The van der Waals surface area contributed by atoms with Crippen LogP contribution in [0.4, 0.5) is 5.69 Å². The Bertz CT molecular complexity index is 1980. The Kier molecular flexibility index (Phi) is 8.41. The number of allylic oxidation sites excluding steroid dienone is 2. The summed E-state index contributed by atoms with van der Waals surface area (Å²) in [4.78, 5) is 43.2. The zero-order valence-corrected chi connectivity index (χ0v) is 25.6. The molecule has 0 amide bonds. The molecule has 12 nitrogen and oxygen atoms in total. The van der Waals surface area contributed by atoms with Crippen molar-refractivity contribution in [2.75, 3.05) is 28.4 Å². The highest BCUT2D eigenvalue weighted by Gasteiger charge is 2.33. The van der Waals surface area contributed by atoms with Gasteiger partial charge in [-0.05, 0) is 42.8 Å². The summed E-state index contributed by atoms with van der Waals surface area (Å²) >= 11 is 1.15. The van der Waals surface area contributed by atoms with Gasteiger partial charge in [0.15, 0.2) is 22.1 Å². The predicted octanol–water partition coefficient (Wildman–Crippen LogP) is 4.42. The monoisotopic (exact) mass is 619 g/mol. The molecule has 1 aliphatic heterocycles. The number of Topliss-reactive ketones (excluding diaryl/α,β-unsaturated/α-hetero) is 1. The van der Waals surface area contributed by atoms with Crippen molar-refractivity contribution in [3.05, 3.63) is 94.9 Å². The second-order valence-electron chi connectivity index (χ2n) is 9.66. The van der Waals surface area contributed by atoms with Gasteiger partial charge in [0, 0.05) is 35.9 Å². The maximum Gasteiger partial charge on any atom is 0.271 e. The van der Waals surface area contributed by atoms with E-state index in [2.05, 4.69) is 4.99 Å². The molecule has 3 heterocycles. The molecule has 0 aliphatic carbocycles. The fraction of sp³-hybridized carbons (Fsp3) is 0.258. The molecule has 4 aromatic rings. The molecule has 0 N–H and O–H groups in total.